The fourth-order valence-corrected chi connectivity index (χ4v) is 2.96. The number of hydrogen-bond donors (Lipinski definition) is 2. The van der Waals surface area contributed by atoms with Crippen LogP contribution in [0, 0.1) is 10.1 Å². The molecule has 1 aromatic carbocycles. The molecule has 2 N–H and O–H groups in total. The van der Waals surface area contributed by atoms with Crippen LogP contribution in [0.15, 0.2) is 24.3 Å². The first-order valence-corrected chi connectivity index (χ1v) is 8.82. The van der Waals surface area contributed by atoms with E-state index in [1.165, 1.54) is 0 Å². The van der Waals surface area contributed by atoms with Gasteiger partial charge in [0.2, 0.25) is 0 Å². The Morgan fingerprint density at radius 2 is 2.00 bits per heavy atom. The van der Waals surface area contributed by atoms with Crippen molar-refractivity contribution in [3.05, 3.63) is 34.4 Å². The SMILES string of the molecule is CN(c1ccccc1[N+](=O)[O-])[C@H]1CCN(C2COC2)C1.N[SH](=O)=O. The standard InChI is InChI=1S/C14H19N3O3.H3NO2S/c1-15(13-4-2-3-5-14(13)17(18)19)11-6-7-16(8-11)12-9-20-10-12;1-4(2)3/h2-5,11-12H,6-10H2,1H3;4H,(H2,1,2,3)/t11-;/m0./s1. The minimum Gasteiger partial charge on any atom is -0.378 e. The maximum Gasteiger partial charge on any atom is 0.292 e. The summed E-state index contributed by atoms with van der Waals surface area (Å²) < 4.78 is 22.9. The number of rotatable bonds is 4. The molecule has 3 rings (SSSR count). The topological polar surface area (TPSA) is 119 Å². The number of likely N-dealkylation sites (N-methyl/N-ethyl adjacent to an activating group) is 1. The number of likely N-dealkylation sites (tertiary alicyclic amines) is 1. The molecule has 0 aromatic heterocycles. The lowest BCUT2D eigenvalue weighted by molar-refractivity contribution is -0.384. The van der Waals surface area contributed by atoms with Gasteiger partial charge in [0.15, 0.2) is 10.9 Å². The highest BCUT2D eigenvalue weighted by atomic mass is 32.2. The summed E-state index contributed by atoms with van der Waals surface area (Å²) in [6.07, 6.45) is 1.04. The lowest BCUT2D eigenvalue weighted by Crippen LogP contribution is -2.49. The monoisotopic (exact) mass is 358 g/mol. The first-order chi connectivity index (χ1) is 11.4. The summed E-state index contributed by atoms with van der Waals surface area (Å²) in [4.78, 5) is 15.3. The third-order valence-corrected chi connectivity index (χ3v) is 4.34. The van der Waals surface area contributed by atoms with Crippen molar-refractivity contribution in [1.29, 1.82) is 0 Å². The Balaban J connectivity index is 0.000000471. The average molecular weight is 358 g/mol. The maximum atomic E-state index is 11.1. The van der Waals surface area contributed by atoms with Gasteiger partial charge in [-0.25, -0.2) is 13.6 Å². The largest absolute Gasteiger partial charge is 0.378 e. The molecule has 9 nitrogen and oxygen atoms in total. The van der Waals surface area contributed by atoms with Crippen molar-refractivity contribution in [2.45, 2.75) is 18.5 Å². The zero-order chi connectivity index (χ0) is 17.7. The first-order valence-electron chi connectivity index (χ1n) is 7.57. The number of nitrogens with zero attached hydrogens (tertiary/aromatic N) is 3. The lowest BCUT2D eigenvalue weighted by Gasteiger charge is -2.35. The number of ether oxygens (including phenoxy) is 1. The van der Waals surface area contributed by atoms with Crippen LogP contribution in [-0.2, 0) is 15.6 Å². The van der Waals surface area contributed by atoms with Gasteiger partial charge in [-0.3, -0.25) is 15.0 Å². The van der Waals surface area contributed by atoms with Gasteiger partial charge in [-0.2, -0.15) is 0 Å². The summed E-state index contributed by atoms with van der Waals surface area (Å²) in [6, 6.07) is 7.83. The highest BCUT2D eigenvalue weighted by Crippen LogP contribution is 2.31. The molecule has 1 aromatic rings. The van der Waals surface area contributed by atoms with E-state index in [0.717, 1.165) is 32.7 Å². The van der Waals surface area contributed by atoms with E-state index in [-0.39, 0.29) is 10.6 Å². The number of nitro benzene ring substituents is 1. The van der Waals surface area contributed by atoms with E-state index >= 15 is 0 Å². The normalized spacial score (nSPS) is 21.0. The molecule has 10 heteroatoms. The van der Waals surface area contributed by atoms with Gasteiger partial charge in [-0.15, -0.1) is 0 Å². The number of anilines is 1. The van der Waals surface area contributed by atoms with Crippen LogP contribution in [0.5, 0.6) is 0 Å². The van der Waals surface area contributed by atoms with E-state index in [1.807, 2.05) is 19.2 Å². The van der Waals surface area contributed by atoms with Crippen molar-refractivity contribution in [3.63, 3.8) is 0 Å². The van der Waals surface area contributed by atoms with Crippen LogP contribution in [0.3, 0.4) is 0 Å². The Morgan fingerprint density at radius 3 is 2.54 bits per heavy atom. The second-order valence-corrected chi connectivity index (χ2v) is 6.34. The van der Waals surface area contributed by atoms with E-state index in [2.05, 4.69) is 14.9 Å². The zero-order valence-corrected chi connectivity index (χ0v) is 14.3. The summed E-state index contributed by atoms with van der Waals surface area (Å²) in [6.45, 7) is 3.64. The fourth-order valence-electron chi connectivity index (χ4n) is 2.96. The van der Waals surface area contributed by atoms with Crippen LogP contribution in [0.1, 0.15) is 6.42 Å². The Hall–Kier alpha value is -1.75. The smallest absolute Gasteiger partial charge is 0.292 e. The van der Waals surface area contributed by atoms with Crippen LogP contribution in [0.25, 0.3) is 0 Å². The Labute approximate surface area is 142 Å². The van der Waals surface area contributed by atoms with Crippen LogP contribution < -0.4 is 10.0 Å². The Bertz CT molecular complexity index is 642. The zero-order valence-electron chi connectivity index (χ0n) is 13.4. The van der Waals surface area contributed by atoms with E-state index in [4.69, 9.17) is 13.2 Å². The molecule has 1 atom stereocenters. The average Bonchev–Trinajstić information content (AvgIpc) is 2.93. The second kappa shape index (κ2) is 8.38. The van der Waals surface area contributed by atoms with E-state index < -0.39 is 10.9 Å². The highest BCUT2D eigenvalue weighted by Gasteiger charge is 2.35. The number of thiol groups is 1. The summed E-state index contributed by atoms with van der Waals surface area (Å²) in [5, 5.41) is 15.2. The Morgan fingerprint density at radius 1 is 1.38 bits per heavy atom. The van der Waals surface area contributed by atoms with Crippen molar-refractivity contribution < 1.29 is 18.1 Å². The molecule has 0 unspecified atom stereocenters. The van der Waals surface area contributed by atoms with E-state index in [1.54, 1.807) is 12.1 Å². The molecule has 2 fully saturated rings. The van der Waals surface area contributed by atoms with Gasteiger partial charge >= 0.3 is 0 Å². The van der Waals surface area contributed by atoms with Crippen LogP contribution >= 0.6 is 0 Å². The first kappa shape index (κ1) is 18.6. The Kier molecular flexibility index (Phi) is 6.49. The number of nitrogens with two attached hydrogens (primary N) is 1. The lowest BCUT2D eigenvalue weighted by atomic mass is 10.2. The third-order valence-electron chi connectivity index (χ3n) is 4.34. The predicted octanol–water partition coefficient (Wildman–Crippen LogP) is -0.0244. The molecule has 2 aliphatic rings. The minimum atomic E-state index is -2.62. The van der Waals surface area contributed by atoms with Crippen LogP contribution in [0.4, 0.5) is 11.4 Å². The van der Waals surface area contributed by atoms with E-state index in [0.29, 0.717) is 17.8 Å². The minimum absolute atomic E-state index is 0.181. The molecule has 2 heterocycles. The predicted molar refractivity (Wildman–Crippen MR) is 90.6 cm³/mol. The van der Waals surface area contributed by atoms with Crippen molar-refractivity contribution in [2.24, 2.45) is 5.14 Å². The van der Waals surface area contributed by atoms with Gasteiger partial charge in [-0.1, -0.05) is 12.1 Å². The molecule has 0 aliphatic carbocycles. The van der Waals surface area contributed by atoms with Gasteiger partial charge in [-0.05, 0) is 12.5 Å². The van der Waals surface area contributed by atoms with Crippen molar-refractivity contribution >= 4 is 22.3 Å². The van der Waals surface area contributed by atoms with Crippen molar-refractivity contribution in [2.75, 3.05) is 38.3 Å². The molecule has 24 heavy (non-hydrogen) atoms. The summed E-state index contributed by atoms with van der Waals surface area (Å²) in [7, 11) is -0.668. The molecule has 134 valence electrons. The highest BCUT2D eigenvalue weighted by molar-refractivity contribution is 7.69. The molecule has 0 radical (unpaired) electrons. The fraction of sp³-hybridized carbons (Fsp3) is 0.571. The van der Waals surface area contributed by atoms with Gasteiger partial charge in [0.05, 0.1) is 24.2 Å². The van der Waals surface area contributed by atoms with Gasteiger partial charge in [0, 0.05) is 32.2 Å². The third kappa shape index (κ3) is 4.63. The molecule has 0 saturated carbocycles. The molecule has 0 spiro atoms. The van der Waals surface area contributed by atoms with Crippen LogP contribution in [0.2, 0.25) is 0 Å². The van der Waals surface area contributed by atoms with Gasteiger partial charge < -0.3 is 9.64 Å². The molecule has 0 bridgehead atoms. The summed E-state index contributed by atoms with van der Waals surface area (Å²) in [5.74, 6) is 0. The van der Waals surface area contributed by atoms with Gasteiger partial charge in [0.25, 0.3) is 5.69 Å². The van der Waals surface area contributed by atoms with E-state index in [9.17, 15) is 10.1 Å². The summed E-state index contributed by atoms with van der Waals surface area (Å²) >= 11 is 0. The number of hydrogen-bond acceptors (Lipinski definition) is 7. The molecule has 2 aliphatic heterocycles. The second-order valence-electron chi connectivity index (χ2n) is 5.77. The number of benzene rings is 1. The number of nitro groups is 1. The van der Waals surface area contributed by atoms with Crippen LogP contribution in [-0.4, -0.2) is 63.7 Å². The number of para-hydroxylation sites is 2. The molecule has 2 saturated heterocycles. The molecule has 0 amide bonds. The van der Waals surface area contributed by atoms with Gasteiger partial charge in [0.1, 0.15) is 5.69 Å². The molecular formula is C14H22N4O5S. The summed E-state index contributed by atoms with van der Waals surface area (Å²) in [5.41, 5.74) is 0.884. The quantitative estimate of drug-likeness (QED) is 0.441. The maximum absolute atomic E-state index is 11.1. The van der Waals surface area contributed by atoms with Crippen molar-refractivity contribution in [1.82, 2.24) is 4.90 Å². The van der Waals surface area contributed by atoms with Crippen molar-refractivity contribution in [3.8, 4) is 0 Å². The molecular weight excluding hydrogens is 336 g/mol.